The molecule has 14 heavy (non-hydrogen) atoms. The van der Waals surface area contributed by atoms with E-state index in [1.54, 1.807) is 0 Å². The van der Waals surface area contributed by atoms with Gasteiger partial charge in [0.1, 0.15) is 5.82 Å². The summed E-state index contributed by atoms with van der Waals surface area (Å²) in [5.74, 6) is -0.546. The number of hydrogen-bond donors (Lipinski definition) is 1. The summed E-state index contributed by atoms with van der Waals surface area (Å²) in [6, 6.07) is 4.00. The summed E-state index contributed by atoms with van der Waals surface area (Å²) in [6.07, 6.45) is 0. The highest BCUT2D eigenvalue weighted by Gasteiger charge is 2.09. The molecule has 0 saturated carbocycles. The second-order valence-electron chi connectivity index (χ2n) is 2.57. The van der Waals surface area contributed by atoms with E-state index in [0.29, 0.717) is 16.6 Å². The number of hydrogen-bond acceptors (Lipinski definition) is 1. The third kappa shape index (κ3) is 3.20. The van der Waals surface area contributed by atoms with Crippen molar-refractivity contribution < 1.29 is 9.18 Å². The van der Waals surface area contributed by atoms with Crippen LogP contribution in [0, 0.1) is 5.82 Å². The minimum atomic E-state index is -0.359. The van der Waals surface area contributed by atoms with Crippen LogP contribution in [0.25, 0.3) is 0 Å². The van der Waals surface area contributed by atoms with Crippen LogP contribution in [0.15, 0.2) is 22.7 Å². The molecule has 1 amide bonds. The van der Waals surface area contributed by atoms with Crippen LogP contribution in [0.5, 0.6) is 0 Å². The van der Waals surface area contributed by atoms with Crippen molar-refractivity contribution in [1.82, 2.24) is 5.32 Å². The van der Waals surface area contributed by atoms with Gasteiger partial charge in [0.15, 0.2) is 0 Å². The lowest BCUT2D eigenvalue weighted by Gasteiger charge is -2.04. The van der Waals surface area contributed by atoms with Crippen molar-refractivity contribution in [2.75, 3.05) is 11.0 Å². The van der Waals surface area contributed by atoms with E-state index >= 15 is 0 Å². The molecular weight excluding hydrogens is 364 g/mol. The van der Waals surface area contributed by atoms with E-state index in [2.05, 4.69) is 43.8 Å². The zero-order valence-electron chi connectivity index (χ0n) is 7.19. The van der Waals surface area contributed by atoms with E-state index in [1.165, 1.54) is 18.2 Å². The largest absolute Gasteiger partial charge is 0.351 e. The van der Waals surface area contributed by atoms with Gasteiger partial charge in [-0.2, -0.15) is 0 Å². The Balaban J connectivity index is 2.80. The van der Waals surface area contributed by atoms with Crippen LogP contribution in [0.4, 0.5) is 4.39 Å². The Labute approximate surface area is 104 Å². The number of carbonyl (C=O) groups excluding carboxylic acids is 1. The highest BCUT2D eigenvalue weighted by molar-refractivity contribution is 14.1. The molecule has 0 spiro atoms. The van der Waals surface area contributed by atoms with E-state index in [9.17, 15) is 9.18 Å². The summed E-state index contributed by atoms with van der Waals surface area (Å²) in [5, 5.41) is 2.71. The van der Waals surface area contributed by atoms with Crippen LogP contribution in [0.2, 0.25) is 0 Å². The first-order chi connectivity index (χ1) is 6.65. The molecule has 0 fully saturated rings. The third-order valence-corrected chi connectivity index (χ3v) is 2.75. The Morgan fingerprint density at radius 1 is 1.57 bits per heavy atom. The molecule has 0 bridgehead atoms. The number of amides is 1. The maximum Gasteiger partial charge on any atom is 0.252 e. The quantitative estimate of drug-likeness (QED) is 0.642. The molecule has 0 unspecified atom stereocenters. The van der Waals surface area contributed by atoms with Crippen molar-refractivity contribution in [3.05, 3.63) is 34.1 Å². The molecule has 1 aromatic rings. The maximum atomic E-state index is 12.7. The topological polar surface area (TPSA) is 29.1 Å². The van der Waals surface area contributed by atoms with Crippen molar-refractivity contribution in [2.45, 2.75) is 0 Å². The van der Waals surface area contributed by atoms with Gasteiger partial charge in [0.25, 0.3) is 5.91 Å². The standard InChI is InChI=1S/C9H8BrFINO/c10-8-5-6(11)1-2-7(8)9(14)13-4-3-12/h1-2,5H,3-4H2,(H,13,14). The van der Waals surface area contributed by atoms with E-state index < -0.39 is 0 Å². The normalized spacial score (nSPS) is 9.93. The van der Waals surface area contributed by atoms with Gasteiger partial charge in [0, 0.05) is 15.4 Å². The zero-order valence-corrected chi connectivity index (χ0v) is 10.9. The molecule has 0 saturated heterocycles. The van der Waals surface area contributed by atoms with E-state index in [0.717, 1.165) is 4.43 Å². The molecule has 0 aromatic heterocycles. The molecule has 0 heterocycles. The Hall–Kier alpha value is -0.170. The van der Waals surface area contributed by atoms with Gasteiger partial charge in [-0.1, -0.05) is 22.6 Å². The number of alkyl halides is 1. The average molecular weight is 372 g/mol. The van der Waals surface area contributed by atoms with Gasteiger partial charge in [-0.05, 0) is 34.1 Å². The predicted molar refractivity (Wildman–Crippen MR) is 65.3 cm³/mol. The predicted octanol–water partition coefficient (Wildman–Crippen LogP) is 2.75. The molecule has 0 aliphatic rings. The maximum absolute atomic E-state index is 12.7. The van der Waals surface area contributed by atoms with Crippen molar-refractivity contribution in [1.29, 1.82) is 0 Å². The van der Waals surface area contributed by atoms with Crippen LogP contribution < -0.4 is 5.32 Å². The number of nitrogens with one attached hydrogen (secondary N) is 1. The number of carbonyl (C=O) groups is 1. The van der Waals surface area contributed by atoms with Crippen LogP contribution >= 0.6 is 38.5 Å². The van der Waals surface area contributed by atoms with E-state index in [-0.39, 0.29) is 11.7 Å². The molecule has 1 aromatic carbocycles. The van der Waals surface area contributed by atoms with Gasteiger partial charge in [-0.25, -0.2) is 4.39 Å². The fourth-order valence-corrected chi connectivity index (χ4v) is 1.73. The Kier molecular flexibility index (Phi) is 4.80. The van der Waals surface area contributed by atoms with Crippen molar-refractivity contribution >= 4 is 44.4 Å². The molecule has 2 nitrogen and oxygen atoms in total. The number of benzene rings is 1. The fraction of sp³-hybridized carbons (Fsp3) is 0.222. The summed E-state index contributed by atoms with van der Waals surface area (Å²) in [4.78, 5) is 11.5. The summed E-state index contributed by atoms with van der Waals surface area (Å²) in [7, 11) is 0. The molecule has 76 valence electrons. The third-order valence-electron chi connectivity index (χ3n) is 1.56. The average Bonchev–Trinajstić information content (AvgIpc) is 2.14. The zero-order chi connectivity index (χ0) is 10.6. The first-order valence-electron chi connectivity index (χ1n) is 3.94. The first kappa shape index (κ1) is 11.9. The van der Waals surface area contributed by atoms with Gasteiger partial charge < -0.3 is 5.32 Å². The molecule has 0 radical (unpaired) electrons. The van der Waals surface area contributed by atoms with Crippen LogP contribution in [0.3, 0.4) is 0 Å². The Bertz CT molecular complexity index is 346. The minimum Gasteiger partial charge on any atom is -0.351 e. The first-order valence-corrected chi connectivity index (χ1v) is 6.26. The van der Waals surface area contributed by atoms with Crippen molar-refractivity contribution in [3.8, 4) is 0 Å². The van der Waals surface area contributed by atoms with Crippen molar-refractivity contribution in [3.63, 3.8) is 0 Å². The van der Waals surface area contributed by atoms with Crippen LogP contribution in [-0.2, 0) is 0 Å². The molecule has 1 rings (SSSR count). The van der Waals surface area contributed by atoms with Gasteiger partial charge in [0.2, 0.25) is 0 Å². The van der Waals surface area contributed by atoms with Crippen LogP contribution in [-0.4, -0.2) is 16.9 Å². The van der Waals surface area contributed by atoms with Gasteiger partial charge in [-0.15, -0.1) is 0 Å². The molecule has 0 aliphatic heterocycles. The summed E-state index contributed by atoms with van der Waals surface area (Å²) < 4.78 is 14.0. The Morgan fingerprint density at radius 3 is 2.86 bits per heavy atom. The molecule has 1 N–H and O–H groups in total. The molecule has 5 heteroatoms. The van der Waals surface area contributed by atoms with Gasteiger partial charge >= 0.3 is 0 Å². The second-order valence-corrected chi connectivity index (χ2v) is 4.50. The highest BCUT2D eigenvalue weighted by atomic mass is 127. The van der Waals surface area contributed by atoms with E-state index in [1.807, 2.05) is 0 Å². The summed E-state index contributed by atoms with van der Waals surface area (Å²) >= 11 is 5.30. The number of halogens is 3. The van der Waals surface area contributed by atoms with Gasteiger partial charge in [-0.3, -0.25) is 4.79 Å². The lowest BCUT2D eigenvalue weighted by Crippen LogP contribution is -2.25. The summed E-state index contributed by atoms with van der Waals surface area (Å²) in [5.41, 5.74) is 0.455. The molecule has 0 atom stereocenters. The van der Waals surface area contributed by atoms with Crippen molar-refractivity contribution in [2.24, 2.45) is 0 Å². The second kappa shape index (κ2) is 5.65. The lowest BCUT2D eigenvalue weighted by molar-refractivity contribution is 0.0955. The smallest absolute Gasteiger partial charge is 0.252 e. The summed E-state index contributed by atoms with van der Waals surface area (Å²) in [6.45, 7) is 0.614. The highest BCUT2D eigenvalue weighted by Crippen LogP contribution is 2.17. The fourth-order valence-electron chi connectivity index (χ4n) is 0.930. The number of rotatable bonds is 3. The Morgan fingerprint density at radius 2 is 2.29 bits per heavy atom. The van der Waals surface area contributed by atoms with Crippen LogP contribution in [0.1, 0.15) is 10.4 Å². The van der Waals surface area contributed by atoms with E-state index in [4.69, 9.17) is 0 Å². The molecular formula is C9H8BrFINO. The molecule has 0 aliphatic carbocycles. The monoisotopic (exact) mass is 371 g/mol. The SMILES string of the molecule is O=C(NCCI)c1ccc(F)cc1Br. The van der Waals surface area contributed by atoms with Gasteiger partial charge in [0.05, 0.1) is 5.56 Å². The minimum absolute atomic E-state index is 0.187. The lowest BCUT2D eigenvalue weighted by atomic mass is 10.2.